The summed E-state index contributed by atoms with van der Waals surface area (Å²) >= 11 is 11.8. The molecule has 0 saturated heterocycles. The first-order chi connectivity index (χ1) is 11.0. The first kappa shape index (κ1) is 17.7. The maximum absolute atomic E-state index is 11.5. The molecule has 1 aromatic heterocycles. The third-order valence-electron chi connectivity index (χ3n) is 3.00. The van der Waals surface area contributed by atoms with Crippen LogP contribution < -0.4 is 10.5 Å². The molecule has 2 rings (SSSR count). The van der Waals surface area contributed by atoms with Gasteiger partial charge in [-0.2, -0.15) is 0 Å². The van der Waals surface area contributed by atoms with Gasteiger partial charge in [0.15, 0.2) is 0 Å². The lowest BCUT2D eigenvalue weighted by atomic mass is 10.2. The van der Waals surface area contributed by atoms with E-state index in [-0.39, 0.29) is 13.0 Å². The van der Waals surface area contributed by atoms with Gasteiger partial charge in [0, 0.05) is 12.5 Å². The number of hydrogen-bond donors (Lipinski definition) is 1. The third kappa shape index (κ3) is 5.16. The lowest BCUT2D eigenvalue weighted by molar-refractivity contribution is -0.144. The average Bonchev–Trinajstić information content (AvgIpc) is 2.96. The molecule has 1 atom stereocenters. The number of rotatable bonds is 7. The smallest absolute Gasteiger partial charge is 0.323 e. The molecule has 0 saturated carbocycles. The van der Waals surface area contributed by atoms with Crippen molar-refractivity contribution in [2.45, 2.75) is 26.0 Å². The van der Waals surface area contributed by atoms with Gasteiger partial charge < -0.3 is 19.6 Å². The number of nitrogens with two attached hydrogens (primary N) is 1. The van der Waals surface area contributed by atoms with Crippen LogP contribution in [0.3, 0.4) is 0 Å². The van der Waals surface area contributed by atoms with Crippen LogP contribution in [0.4, 0.5) is 0 Å². The van der Waals surface area contributed by atoms with Crippen LogP contribution in [0, 0.1) is 0 Å². The summed E-state index contributed by atoms with van der Waals surface area (Å²) in [5, 5.41) is 0.886. The molecule has 1 aromatic carbocycles. The molecule has 0 bridgehead atoms. The third-order valence-corrected chi connectivity index (χ3v) is 3.74. The summed E-state index contributed by atoms with van der Waals surface area (Å²) in [6.45, 7) is 2.26. The molecule has 124 valence electrons. The predicted octanol–water partition coefficient (Wildman–Crippen LogP) is 3.60. The van der Waals surface area contributed by atoms with E-state index in [4.69, 9.17) is 42.8 Å². The van der Waals surface area contributed by atoms with Crippen LogP contribution in [0.25, 0.3) is 0 Å². The van der Waals surface area contributed by atoms with E-state index < -0.39 is 12.0 Å². The zero-order chi connectivity index (χ0) is 16.8. The molecule has 23 heavy (non-hydrogen) atoms. The highest BCUT2D eigenvalue weighted by molar-refractivity contribution is 6.42. The first-order valence-electron chi connectivity index (χ1n) is 7.07. The fraction of sp³-hybridized carbons (Fsp3) is 0.312. The average molecular weight is 358 g/mol. The quantitative estimate of drug-likeness (QED) is 0.766. The van der Waals surface area contributed by atoms with Crippen molar-refractivity contribution in [3.05, 3.63) is 51.9 Å². The summed E-state index contributed by atoms with van der Waals surface area (Å²) in [5.74, 6) is 1.35. The monoisotopic (exact) mass is 357 g/mol. The van der Waals surface area contributed by atoms with E-state index >= 15 is 0 Å². The van der Waals surface area contributed by atoms with Crippen molar-refractivity contribution in [3.63, 3.8) is 0 Å². The second kappa shape index (κ2) is 8.24. The number of benzene rings is 1. The summed E-state index contributed by atoms with van der Waals surface area (Å²) in [5.41, 5.74) is 5.75. The zero-order valence-corrected chi connectivity index (χ0v) is 14.1. The number of hydrogen-bond acceptors (Lipinski definition) is 5. The highest BCUT2D eigenvalue weighted by Gasteiger charge is 2.17. The van der Waals surface area contributed by atoms with Crippen molar-refractivity contribution in [3.8, 4) is 5.75 Å². The lowest BCUT2D eigenvalue weighted by Crippen LogP contribution is -2.34. The highest BCUT2D eigenvalue weighted by atomic mass is 35.5. The molecular weight excluding hydrogens is 341 g/mol. The van der Waals surface area contributed by atoms with Gasteiger partial charge in [0.2, 0.25) is 0 Å². The van der Waals surface area contributed by atoms with Gasteiger partial charge >= 0.3 is 5.97 Å². The van der Waals surface area contributed by atoms with Gasteiger partial charge in [-0.05, 0) is 31.2 Å². The van der Waals surface area contributed by atoms with E-state index in [0.717, 1.165) is 0 Å². The Morgan fingerprint density at radius 1 is 1.22 bits per heavy atom. The van der Waals surface area contributed by atoms with Gasteiger partial charge in [-0.15, -0.1) is 0 Å². The van der Waals surface area contributed by atoms with Crippen molar-refractivity contribution in [1.82, 2.24) is 0 Å². The fourth-order valence-corrected chi connectivity index (χ4v) is 2.17. The Hall–Kier alpha value is -1.69. The van der Waals surface area contributed by atoms with Gasteiger partial charge in [-0.3, -0.25) is 4.79 Å². The van der Waals surface area contributed by atoms with Crippen LogP contribution in [0.15, 0.2) is 34.7 Å². The van der Waals surface area contributed by atoms with Gasteiger partial charge in [0.05, 0.1) is 16.7 Å². The van der Waals surface area contributed by atoms with Crippen LogP contribution in [-0.2, 0) is 22.6 Å². The molecule has 0 amide bonds. The van der Waals surface area contributed by atoms with E-state index in [2.05, 4.69) is 0 Å². The highest BCUT2D eigenvalue weighted by Crippen LogP contribution is 2.26. The topological polar surface area (TPSA) is 74.7 Å². The van der Waals surface area contributed by atoms with Crippen LogP contribution in [0.2, 0.25) is 10.0 Å². The molecule has 2 N–H and O–H groups in total. The maximum atomic E-state index is 11.5. The van der Waals surface area contributed by atoms with Gasteiger partial charge in [-0.25, -0.2) is 0 Å². The molecule has 0 radical (unpaired) electrons. The van der Waals surface area contributed by atoms with Gasteiger partial charge in [-0.1, -0.05) is 23.2 Å². The van der Waals surface area contributed by atoms with Crippen molar-refractivity contribution in [2.24, 2.45) is 5.73 Å². The standard InChI is InChI=1S/C16H17Cl2NO4/c1-2-21-16(20)15(19)8-11-3-4-12(23-11)9-22-10-5-6-13(17)14(18)7-10/h3-7,15H,2,8-9,19H2,1H3. The SMILES string of the molecule is CCOC(=O)C(N)Cc1ccc(COc2ccc(Cl)c(Cl)c2)o1. The maximum Gasteiger partial charge on any atom is 0.323 e. The van der Waals surface area contributed by atoms with E-state index in [1.165, 1.54) is 0 Å². The number of ether oxygens (including phenoxy) is 2. The molecule has 0 aliphatic heterocycles. The van der Waals surface area contributed by atoms with Gasteiger partial charge in [0.25, 0.3) is 0 Å². The molecule has 1 heterocycles. The predicted molar refractivity (Wildman–Crippen MR) is 87.8 cm³/mol. The lowest BCUT2D eigenvalue weighted by Gasteiger charge is -2.08. The molecule has 2 aromatic rings. The number of esters is 1. The summed E-state index contributed by atoms with van der Waals surface area (Å²) in [6, 6.07) is 7.78. The molecule has 5 nitrogen and oxygen atoms in total. The van der Waals surface area contributed by atoms with Crippen molar-refractivity contribution in [1.29, 1.82) is 0 Å². The molecule has 7 heteroatoms. The Kier molecular flexibility index (Phi) is 6.33. The molecule has 1 unspecified atom stereocenters. The fourth-order valence-electron chi connectivity index (χ4n) is 1.88. The number of carbonyl (C=O) groups is 1. The Balaban J connectivity index is 1.89. The van der Waals surface area contributed by atoms with Crippen molar-refractivity contribution in [2.75, 3.05) is 6.61 Å². The zero-order valence-electron chi connectivity index (χ0n) is 12.6. The van der Waals surface area contributed by atoms with E-state index in [1.807, 2.05) is 0 Å². The Labute approximate surface area is 144 Å². The molecule has 0 spiro atoms. The van der Waals surface area contributed by atoms with Crippen LogP contribution in [0.1, 0.15) is 18.4 Å². The second-order valence-corrected chi connectivity index (χ2v) is 5.61. The summed E-state index contributed by atoms with van der Waals surface area (Å²) in [6.07, 6.45) is 0.269. The number of furan rings is 1. The molecular formula is C16H17Cl2NO4. The number of carbonyl (C=O) groups excluding carboxylic acids is 1. The van der Waals surface area contributed by atoms with Gasteiger partial charge in [0.1, 0.15) is 29.9 Å². The van der Waals surface area contributed by atoms with Crippen LogP contribution in [-0.4, -0.2) is 18.6 Å². The van der Waals surface area contributed by atoms with E-state index in [0.29, 0.717) is 33.9 Å². The largest absolute Gasteiger partial charge is 0.486 e. The summed E-state index contributed by atoms with van der Waals surface area (Å²) < 4.78 is 16.0. The molecule has 0 aliphatic rings. The van der Waals surface area contributed by atoms with Crippen molar-refractivity contribution < 1.29 is 18.7 Å². The van der Waals surface area contributed by atoms with Crippen LogP contribution in [0.5, 0.6) is 5.75 Å². The summed E-state index contributed by atoms with van der Waals surface area (Å²) in [7, 11) is 0. The molecule has 0 fully saturated rings. The van der Waals surface area contributed by atoms with Crippen LogP contribution >= 0.6 is 23.2 Å². The van der Waals surface area contributed by atoms with E-state index in [9.17, 15) is 4.79 Å². The Bertz CT molecular complexity index is 672. The normalized spacial score (nSPS) is 12.0. The Morgan fingerprint density at radius 3 is 2.65 bits per heavy atom. The minimum Gasteiger partial charge on any atom is -0.486 e. The summed E-state index contributed by atoms with van der Waals surface area (Å²) in [4.78, 5) is 11.5. The molecule has 0 aliphatic carbocycles. The minimum absolute atomic E-state index is 0.229. The minimum atomic E-state index is -0.745. The van der Waals surface area contributed by atoms with E-state index in [1.54, 1.807) is 37.3 Å². The Morgan fingerprint density at radius 2 is 1.96 bits per heavy atom. The first-order valence-corrected chi connectivity index (χ1v) is 7.83. The van der Waals surface area contributed by atoms with Crippen molar-refractivity contribution >= 4 is 29.2 Å². The second-order valence-electron chi connectivity index (χ2n) is 4.80. The number of halogens is 2.